The van der Waals surface area contributed by atoms with E-state index in [0.29, 0.717) is 26.1 Å². The molecule has 1 amide bonds. The van der Waals surface area contributed by atoms with Crippen LogP contribution in [0.15, 0.2) is 30.3 Å². The van der Waals surface area contributed by atoms with Crippen molar-refractivity contribution < 1.29 is 14.3 Å². The van der Waals surface area contributed by atoms with Gasteiger partial charge in [0.1, 0.15) is 6.61 Å². The zero-order valence-corrected chi connectivity index (χ0v) is 15.8. The maximum Gasteiger partial charge on any atom is 0.410 e. The Kier molecular flexibility index (Phi) is 7.45. The van der Waals surface area contributed by atoms with Gasteiger partial charge in [0.05, 0.1) is 25.7 Å². The second-order valence-electron chi connectivity index (χ2n) is 6.99. The van der Waals surface area contributed by atoms with E-state index in [2.05, 4.69) is 15.9 Å². The number of amides is 1. The average molecular weight is 372 g/mol. The molecule has 1 atom stereocenters. The minimum atomic E-state index is -0.261. The second kappa shape index (κ2) is 10.3. The molecule has 2 aliphatic rings. The summed E-state index contributed by atoms with van der Waals surface area (Å²) < 4.78 is 10.8. The number of hydrogen-bond acceptors (Lipinski definition) is 6. The fourth-order valence-electron chi connectivity index (χ4n) is 3.58. The summed E-state index contributed by atoms with van der Waals surface area (Å²) in [5.41, 5.74) is 0.990. The molecule has 0 saturated carbocycles. The predicted molar refractivity (Wildman–Crippen MR) is 101 cm³/mol. The average Bonchev–Trinajstić information content (AvgIpc) is 2.73. The monoisotopic (exact) mass is 372 g/mol. The molecular weight excluding hydrogens is 344 g/mol. The maximum atomic E-state index is 12.3. The maximum absolute atomic E-state index is 12.3. The normalized spacial score (nSPS) is 20.0. The third-order valence-corrected chi connectivity index (χ3v) is 5.19. The standard InChI is InChI=1S/C20H28N4O3/c21-7-6-19(16-22-12-14-26-15-13-22)23-8-10-24(11-9-23)20(25)27-17-18-4-2-1-3-5-18/h1-5,19H,6,8-17H2/t19-/m1/s1. The van der Waals surface area contributed by atoms with Crippen LogP contribution in [0.25, 0.3) is 0 Å². The van der Waals surface area contributed by atoms with Crippen molar-refractivity contribution in [1.29, 1.82) is 5.26 Å². The first-order chi connectivity index (χ1) is 13.3. The van der Waals surface area contributed by atoms with Crippen molar-refractivity contribution >= 4 is 6.09 Å². The summed E-state index contributed by atoms with van der Waals surface area (Å²) in [5, 5.41) is 9.21. The van der Waals surface area contributed by atoms with E-state index in [-0.39, 0.29) is 12.1 Å². The highest BCUT2D eigenvalue weighted by atomic mass is 16.6. The fourth-order valence-corrected chi connectivity index (χ4v) is 3.58. The first-order valence-corrected chi connectivity index (χ1v) is 9.63. The number of rotatable bonds is 6. The Bertz CT molecular complexity index is 620. The van der Waals surface area contributed by atoms with E-state index < -0.39 is 0 Å². The fraction of sp³-hybridized carbons (Fsp3) is 0.600. The number of carbonyl (C=O) groups excluding carboxylic acids is 1. The molecule has 7 heteroatoms. The van der Waals surface area contributed by atoms with Gasteiger partial charge < -0.3 is 14.4 Å². The van der Waals surface area contributed by atoms with E-state index >= 15 is 0 Å². The molecule has 0 aliphatic carbocycles. The zero-order valence-electron chi connectivity index (χ0n) is 15.8. The largest absolute Gasteiger partial charge is 0.445 e. The SMILES string of the molecule is N#CC[C@H](CN1CCOCC1)N1CCN(C(=O)OCc2ccccc2)CC1. The Labute approximate surface area is 161 Å². The summed E-state index contributed by atoms with van der Waals surface area (Å²) in [6.07, 6.45) is 0.249. The molecule has 0 N–H and O–H groups in total. The van der Waals surface area contributed by atoms with Crippen molar-refractivity contribution in [2.24, 2.45) is 0 Å². The van der Waals surface area contributed by atoms with Gasteiger partial charge in [0.15, 0.2) is 0 Å². The van der Waals surface area contributed by atoms with Gasteiger partial charge in [0, 0.05) is 51.9 Å². The smallest absolute Gasteiger partial charge is 0.410 e. The molecule has 2 aliphatic heterocycles. The van der Waals surface area contributed by atoms with Crippen LogP contribution < -0.4 is 0 Å². The summed E-state index contributed by atoms with van der Waals surface area (Å²) in [4.78, 5) is 18.8. The van der Waals surface area contributed by atoms with Crippen molar-refractivity contribution in [2.45, 2.75) is 19.1 Å². The van der Waals surface area contributed by atoms with Crippen LogP contribution in [0.4, 0.5) is 4.79 Å². The molecule has 146 valence electrons. The molecule has 0 bridgehead atoms. The lowest BCUT2D eigenvalue weighted by molar-refractivity contribution is 0.0139. The van der Waals surface area contributed by atoms with Gasteiger partial charge in [-0.15, -0.1) is 0 Å². The number of carbonyl (C=O) groups is 1. The molecule has 1 aromatic rings. The van der Waals surface area contributed by atoms with E-state index in [1.807, 2.05) is 30.3 Å². The van der Waals surface area contributed by atoms with Crippen LogP contribution in [-0.2, 0) is 16.1 Å². The second-order valence-corrected chi connectivity index (χ2v) is 6.99. The Balaban J connectivity index is 1.44. The van der Waals surface area contributed by atoms with Crippen LogP contribution >= 0.6 is 0 Å². The third kappa shape index (κ3) is 5.93. The Morgan fingerprint density at radius 2 is 1.81 bits per heavy atom. The summed E-state index contributed by atoms with van der Waals surface area (Å²) in [6, 6.07) is 12.2. The van der Waals surface area contributed by atoms with Gasteiger partial charge in [-0.1, -0.05) is 30.3 Å². The van der Waals surface area contributed by atoms with Gasteiger partial charge in [-0.3, -0.25) is 9.80 Å². The van der Waals surface area contributed by atoms with Crippen molar-refractivity contribution in [3.05, 3.63) is 35.9 Å². The zero-order chi connectivity index (χ0) is 18.9. The van der Waals surface area contributed by atoms with E-state index in [0.717, 1.165) is 51.5 Å². The lowest BCUT2D eigenvalue weighted by atomic mass is 10.1. The molecule has 2 heterocycles. The Hall–Kier alpha value is -2.14. The number of hydrogen-bond donors (Lipinski definition) is 0. The first kappa shape index (κ1) is 19.6. The van der Waals surface area contributed by atoms with Gasteiger partial charge >= 0.3 is 6.09 Å². The molecule has 0 unspecified atom stereocenters. The van der Waals surface area contributed by atoms with Gasteiger partial charge in [-0.2, -0.15) is 5.26 Å². The van der Waals surface area contributed by atoms with Crippen LogP contribution in [0.1, 0.15) is 12.0 Å². The van der Waals surface area contributed by atoms with Gasteiger partial charge in [-0.05, 0) is 5.56 Å². The van der Waals surface area contributed by atoms with Crippen LogP contribution in [-0.4, -0.2) is 85.9 Å². The number of morpholine rings is 1. The van der Waals surface area contributed by atoms with E-state index in [4.69, 9.17) is 9.47 Å². The molecule has 27 heavy (non-hydrogen) atoms. The minimum absolute atomic E-state index is 0.204. The molecule has 3 rings (SSSR count). The van der Waals surface area contributed by atoms with Crippen LogP contribution in [0.3, 0.4) is 0 Å². The number of nitriles is 1. The van der Waals surface area contributed by atoms with Gasteiger partial charge in [0.2, 0.25) is 0 Å². The summed E-state index contributed by atoms with van der Waals surface area (Å²) in [6.45, 7) is 7.39. The van der Waals surface area contributed by atoms with Crippen molar-refractivity contribution in [3.63, 3.8) is 0 Å². The molecule has 0 radical (unpaired) electrons. The van der Waals surface area contributed by atoms with Crippen molar-refractivity contribution in [1.82, 2.24) is 14.7 Å². The summed E-state index contributed by atoms with van der Waals surface area (Å²) in [7, 11) is 0. The number of ether oxygens (including phenoxy) is 2. The molecule has 2 fully saturated rings. The van der Waals surface area contributed by atoms with Crippen molar-refractivity contribution in [2.75, 3.05) is 59.0 Å². The molecule has 0 aromatic heterocycles. The predicted octanol–water partition coefficient (Wildman–Crippen LogP) is 1.56. The highest BCUT2D eigenvalue weighted by Crippen LogP contribution is 2.13. The molecule has 1 aromatic carbocycles. The van der Waals surface area contributed by atoms with E-state index in [1.165, 1.54) is 0 Å². The summed E-state index contributed by atoms with van der Waals surface area (Å²) >= 11 is 0. The van der Waals surface area contributed by atoms with Gasteiger partial charge in [0.25, 0.3) is 0 Å². The number of nitrogens with zero attached hydrogens (tertiary/aromatic N) is 4. The van der Waals surface area contributed by atoms with E-state index in [1.54, 1.807) is 4.90 Å². The highest BCUT2D eigenvalue weighted by molar-refractivity contribution is 5.67. The molecular formula is C20H28N4O3. The topological polar surface area (TPSA) is 69.0 Å². The lowest BCUT2D eigenvalue weighted by Gasteiger charge is -2.40. The highest BCUT2D eigenvalue weighted by Gasteiger charge is 2.28. The lowest BCUT2D eigenvalue weighted by Crippen LogP contribution is -2.55. The van der Waals surface area contributed by atoms with Crippen LogP contribution in [0.2, 0.25) is 0 Å². The Morgan fingerprint density at radius 3 is 2.48 bits per heavy atom. The number of piperazine rings is 1. The van der Waals surface area contributed by atoms with Crippen LogP contribution in [0.5, 0.6) is 0 Å². The molecule has 7 nitrogen and oxygen atoms in total. The third-order valence-electron chi connectivity index (χ3n) is 5.19. The quantitative estimate of drug-likeness (QED) is 0.755. The first-order valence-electron chi connectivity index (χ1n) is 9.63. The minimum Gasteiger partial charge on any atom is -0.445 e. The Morgan fingerprint density at radius 1 is 1.11 bits per heavy atom. The van der Waals surface area contributed by atoms with Crippen LogP contribution in [0, 0.1) is 11.3 Å². The van der Waals surface area contributed by atoms with E-state index in [9.17, 15) is 10.1 Å². The van der Waals surface area contributed by atoms with Crippen molar-refractivity contribution in [3.8, 4) is 6.07 Å². The van der Waals surface area contributed by atoms with Gasteiger partial charge in [-0.25, -0.2) is 4.79 Å². The molecule has 0 spiro atoms. The number of benzene rings is 1. The molecule has 2 saturated heterocycles. The summed E-state index contributed by atoms with van der Waals surface area (Å²) in [5.74, 6) is 0.